The second-order valence-corrected chi connectivity index (χ2v) is 10.1. The maximum absolute atomic E-state index is 12.6. The molecule has 2 aliphatic rings. The summed E-state index contributed by atoms with van der Waals surface area (Å²) < 4.78 is 25.6. The summed E-state index contributed by atoms with van der Waals surface area (Å²) in [6.07, 6.45) is 4.37. The molecule has 4 rings (SSSR count). The number of anilines is 2. The number of hydrogen-bond acceptors (Lipinski definition) is 6. The number of nitrogens with one attached hydrogen (secondary N) is 1. The molecule has 3 heterocycles. The summed E-state index contributed by atoms with van der Waals surface area (Å²) in [7, 11) is -3.27. The Bertz CT molecular complexity index is 952. The van der Waals surface area contributed by atoms with Crippen LogP contribution in [0.3, 0.4) is 0 Å². The van der Waals surface area contributed by atoms with Gasteiger partial charge in [-0.3, -0.25) is 19.3 Å². The second-order valence-electron chi connectivity index (χ2n) is 7.23. The molecular weight excluding hydrogens is 396 g/mol. The number of amides is 1. The molecule has 0 radical (unpaired) electrons. The molecule has 1 aromatic heterocycles. The van der Waals surface area contributed by atoms with E-state index in [0.717, 1.165) is 25.3 Å². The Labute approximate surface area is 169 Å². The first-order valence-electron chi connectivity index (χ1n) is 9.60. The Morgan fingerprint density at radius 2 is 1.96 bits per heavy atom. The van der Waals surface area contributed by atoms with Gasteiger partial charge in [0.15, 0.2) is 5.13 Å². The number of benzene rings is 1. The number of piperidine rings is 1. The number of hydrogen-bond donors (Lipinski definition) is 1. The number of sulfonamides is 1. The van der Waals surface area contributed by atoms with Crippen LogP contribution in [0.1, 0.15) is 41.7 Å². The van der Waals surface area contributed by atoms with Crippen LogP contribution in [0, 0.1) is 0 Å². The van der Waals surface area contributed by atoms with Crippen molar-refractivity contribution >= 4 is 38.1 Å². The van der Waals surface area contributed by atoms with E-state index in [9.17, 15) is 13.2 Å². The number of nitrogens with zero attached hydrogens (tertiary/aromatic N) is 3. The van der Waals surface area contributed by atoms with Crippen molar-refractivity contribution in [1.82, 2.24) is 9.88 Å². The molecule has 1 N–H and O–H groups in total. The molecule has 28 heavy (non-hydrogen) atoms. The topological polar surface area (TPSA) is 82.6 Å². The SMILES string of the molecule is O=C(Nc1nc(CN2CCCCC2)cs1)c1cccc(N2CCCS2(=O)=O)c1. The van der Waals surface area contributed by atoms with Gasteiger partial charge in [0.25, 0.3) is 5.91 Å². The number of likely N-dealkylation sites (tertiary alicyclic amines) is 1. The van der Waals surface area contributed by atoms with Crippen molar-refractivity contribution < 1.29 is 13.2 Å². The fourth-order valence-corrected chi connectivity index (χ4v) is 5.94. The molecule has 2 saturated heterocycles. The van der Waals surface area contributed by atoms with Crippen LogP contribution in [0.15, 0.2) is 29.6 Å². The molecule has 1 aromatic carbocycles. The molecule has 0 aliphatic carbocycles. The summed E-state index contributed by atoms with van der Waals surface area (Å²) in [6, 6.07) is 6.74. The number of rotatable bonds is 5. The highest BCUT2D eigenvalue weighted by Crippen LogP contribution is 2.25. The Kier molecular flexibility index (Phi) is 5.65. The van der Waals surface area contributed by atoms with Crippen molar-refractivity contribution in [3.63, 3.8) is 0 Å². The van der Waals surface area contributed by atoms with Crippen molar-refractivity contribution in [3.05, 3.63) is 40.9 Å². The van der Waals surface area contributed by atoms with E-state index in [-0.39, 0.29) is 11.7 Å². The Hall–Kier alpha value is -1.97. The van der Waals surface area contributed by atoms with Gasteiger partial charge >= 0.3 is 0 Å². The second kappa shape index (κ2) is 8.18. The molecule has 2 aliphatic heterocycles. The van der Waals surface area contributed by atoms with Crippen molar-refractivity contribution in [2.45, 2.75) is 32.2 Å². The molecule has 150 valence electrons. The summed E-state index contributed by atoms with van der Waals surface area (Å²) in [4.78, 5) is 19.5. The predicted molar refractivity (Wildman–Crippen MR) is 111 cm³/mol. The Balaban J connectivity index is 1.42. The lowest BCUT2D eigenvalue weighted by molar-refractivity contribution is 0.102. The third kappa shape index (κ3) is 4.37. The van der Waals surface area contributed by atoms with Gasteiger partial charge in [0, 0.05) is 24.0 Å². The third-order valence-corrected chi connectivity index (χ3v) is 7.78. The lowest BCUT2D eigenvalue weighted by Crippen LogP contribution is -2.29. The molecule has 0 saturated carbocycles. The van der Waals surface area contributed by atoms with Gasteiger partial charge in [0.1, 0.15) is 0 Å². The van der Waals surface area contributed by atoms with Gasteiger partial charge in [-0.1, -0.05) is 12.5 Å². The Morgan fingerprint density at radius 1 is 1.14 bits per heavy atom. The van der Waals surface area contributed by atoms with Crippen molar-refractivity contribution in [3.8, 4) is 0 Å². The lowest BCUT2D eigenvalue weighted by Gasteiger charge is -2.25. The van der Waals surface area contributed by atoms with E-state index in [4.69, 9.17) is 0 Å². The minimum atomic E-state index is -3.27. The first kappa shape index (κ1) is 19.4. The van der Waals surface area contributed by atoms with Crippen LogP contribution in [0.25, 0.3) is 0 Å². The minimum absolute atomic E-state index is 0.155. The van der Waals surface area contributed by atoms with Crippen molar-refractivity contribution in [2.75, 3.05) is 35.0 Å². The standard InChI is InChI=1S/C19H24N4O3S2/c24-18(15-6-4-7-17(12-15)23-10-5-11-28(23,25)26)21-19-20-16(14-27-19)13-22-8-2-1-3-9-22/h4,6-7,12,14H,1-3,5,8-11,13H2,(H,20,21,24). The monoisotopic (exact) mass is 420 g/mol. The van der Waals surface area contributed by atoms with Crippen LogP contribution >= 0.6 is 11.3 Å². The minimum Gasteiger partial charge on any atom is -0.298 e. The average Bonchev–Trinajstić information content (AvgIpc) is 3.28. The normalized spacial score (nSPS) is 19.6. The van der Waals surface area contributed by atoms with E-state index in [2.05, 4.69) is 15.2 Å². The summed E-state index contributed by atoms with van der Waals surface area (Å²) in [5, 5.41) is 5.39. The van der Waals surface area contributed by atoms with E-state index in [1.54, 1.807) is 24.3 Å². The fraction of sp³-hybridized carbons (Fsp3) is 0.474. The molecule has 7 nitrogen and oxygen atoms in total. The van der Waals surface area contributed by atoms with Gasteiger partial charge in [-0.05, 0) is 50.6 Å². The molecule has 0 bridgehead atoms. The number of carbonyl (C=O) groups is 1. The fourth-order valence-electron chi connectivity index (χ4n) is 3.68. The van der Waals surface area contributed by atoms with E-state index < -0.39 is 10.0 Å². The highest BCUT2D eigenvalue weighted by Gasteiger charge is 2.28. The molecular formula is C19H24N4O3S2. The quantitative estimate of drug-likeness (QED) is 0.804. The molecule has 0 unspecified atom stereocenters. The molecule has 0 atom stereocenters. The molecule has 2 aromatic rings. The van der Waals surface area contributed by atoms with Crippen molar-refractivity contribution in [2.24, 2.45) is 0 Å². The van der Waals surface area contributed by atoms with E-state index in [1.165, 1.54) is 34.9 Å². The zero-order chi connectivity index (χ0) is 19.6. The van der Waals surface area contributed by atoms with Gasteiger partial charge in [0.05, 0.1) is 17.1 Å². The van der Waals surface area contributed by atoms with Gasteiger partial charge < -0.3 is 0 Å². The molecule has 1 amide bonds. The summed E-state index contributed by atoms with van der Waals surface area (Å²) in [5.41, 5.74) is 1.93. The summed E-state index contributed by atoms with van der Waals surface area (Å²) in [6.45, 7) is 3.48. The van der Waals surface area contributed by atoms with Crippen LogP contribution in [0.2, 0.25) is 0 Å². The van der Waals surface area contributed by atoms with Gasteiger partial charge in [-0.25, -0.2) is 13.4 Å². The Morgan fingerprint density at radius 3 is 2.71 bits per heavy atom. The van der Waals surface area contributed by atoms with Gasteiger partial charge in [-0.2, -0.15) is 0 Å². The van der Waals surface area contributed by atoms with Crippen molar-refractivity contribution in [1.29, 1.82) is 0 Å². The number of carbonyl (C=O) groups excluding carboxylic acids is 1. The van der Waals surface area contributed by atoms with E-state index in [1.807, 2.05) is 5.38 Å². The average molecular weight is 421 g/mol. The van der Waals surface area contributed by atoms with Gasteiger partial charge in [0.2, 0.25) is 10.0 Å². The van der Waals surface area contributed by atoms with Gasteiger partial charge in [-0.15, -0.1) is 11.3 Å². The third-order valence-electron chi connectivity index (χ3n) is 5.10. The van der Waals surface area contributed by atoms with Crippen LogP contribution in [0.4, 0.5) is 10.8 Å². The maximum Gasteiger partial charge on any atom is 0.257 e. The maximum atomic E-state index is 12.6. The van der Waals surface area contributed by atoms with Crippen LogP contribution in [0.5, 0.6) is 0 Å². The number of thiazole rings is 1. The highest BCUT2D eigenvalue weighted by molar-refractivity contribution is 7.93. The number of aromatic nitrogens is 1. The first-order chi connectivity index (χ1) is 13.5. The summed E-state index contributed by atoms with van der Waals surface area (Å²) >= 11 is 1.41. The van der Waals surface area contributed by atoms with Crippen LogP contribution < -0.4 is 9.62 Å². The predicted octanol–water partition coefficient (Wildman–Crippen LogP) is 2.92. The molecule has 9 heteroatoms. The van der Waals surface area contributed by atoms with E-state index >= 15 is 0 Å². The first-order valence-corrected chi connectivity index (χ1v) is 12.1. The molecule has 0 spiro atoms. The molecule has 2 fully saturated rings. The highest BCUT2D eigenvalue weighted by atomic mass is 32.2. The summed E-state index contributed by atoms with van der Waals surface area (Å²) in [5.74, 6) is -0.125. The van der Waals surface area contributed by atoms with Crippen LogP contribution in [-0.2, 0) is 16.6 Å². The zero-order valence-electron chi connectivity index (χ0n) is 15.6. The lowest BCUT2D eigenvalue weighted by atomic mass is 10.1. The van der Waals surface area contributed by atoms with E-state index in [0.29, 0.717) is 29.3 Å². The smallest absolute Gasteiger partial charge is 0.257 e. The largest absolute Gasteiger partial charge is 0.298 e. The van der Waals surface area contributed by atoms with Crippen LogP contribution in [-0.4, -0.2) is 49.6 Å². The zero-order valence-corrected chi connectivity index (χ0v) is 17.3.